The van der Waals surface area contributed by atoms with Crippen molar-refractivity contribution in [3.05, 3.63) is 66.4 Å². The number of methoxy groups -OCH3 is 1. The van der Waals surface area contributed by atoms with Crippen LogP contribution in [0.4, 0.5) is 15.3 Å². The van der Waals surface area contributed by atoms with Crippen molar-refractivity contribution in [1.82, 2.24) is 14.8 Å². The summed E-state index contributed by atoms with van der Waals surface area (Å²) in [7, 11) is 1.23. The molecule has 3 atom stereocenters. The first kappa shape index (κ1) is 23.8. The van der Waals surface area contributed by atoms with Gasteiger partial charge in [-0.05, 0) is 18.1 Å². The summed E-state index contributed by atoms with van der Waals surface area (Å²) in [6.07, 6.45) is 1.64. The molecule has 4 amide bonds. The quantitative estimate of drug-likeness (QED) is 0.407. The van der Waals surface area contributed by atoms with E-state index in [1.54, 1.807) is 54.6 Å². The number of aromatic nitrogens is 1. The molecule has 3 aromatic rings. The van der Waals surface area contributed by atoms with E-state index >= 15 is 0 Å². The van der Waals surface area contributed by atoms with Crippen LogP contribution in [-0.4, -0.2) is 59.1 Å². The summed E-state index contributed by atoms with van der Waals surface area (Å²) >= 11 is 0. The molecule has 1 unspecified atom stereocenters. The summed E-state index contributed by atoms with van der Waals surface area (Å²) in [5.41, 5.74) is 13.0. The van der Waals surface area contributed by atoms with E-state index in [1.807, 2.05) is 0 Å². The lowest BCUT2D eigenvalue weighted by atomic mass is 10.1. The first-order valence-electron chi connectivity index (χ1n) is 11.0. The van der Waals surface area contributed by atoms with Crippen molar-refractivity contribution in [3.63, 3.8) is 0 Å². The van der Waals surface area contributed by atoms with Crippen molar-refractivity contribution >= 4 is 40.5 Å². The van der Waals surface area contributed by atoms with E-state index in [0.29, 0.717) is 22.2 Å². The minimum Gasteiger partial charge on any atom is -0.467 e. The van der Waals surface area contributed by atoms with Gasteiger partial charge in [-0.1, -0.05) is 48.5 Å². The number of hydrogen-bond acceptors (Lipinski definition) is 6. The van der Waals surface area contributed by atoms with Crippen LogP contribution in [0.25, 0.3) is 10.9 Å². The van der Waals surface area contributed by atoms with Crippen molar-refractivity contribution in [2.75, 3.05) is 19.0 Å². The maximum absolute atomic E-state index is 13.2. The Labute approximate surface area is 201 Å². The van der Waals surface area contributed by atoms with E-state index in [0.717, 1.165) is 0 Å². The average Bonchev–Trinajstić information content (AvgIpc) is 3.43. The number of esters is 1. The Hall–Kier alpha value is -4.38. The van der Waals surface area contributed by atoms with Crippen LogP contribution < -0.4 is 22.1 Å². The molecule has 1 saturated heterocycles. The lowest BCUT2D eigenvalue weighted by Gasteiger charge is -2.26. The fourth-order valence-corrected chi connectivity index (χ4v) is 4.27. The number of carbonyl (C=O) groups excluding carboxylic acids is 4. The number of amides is 4. The molecule has 0 radical (unpaired) electrons. The van der Waals surface area contributed by atoms with E-state index in [2.05, 4.69) is 10.6 Å². The van der Waals surface area contributed by atoms with Crippen LogP contribution in [0.3, 0.4) is 0 Å². The molecule has 182 valence electrons. The molecule has 35 heavy (non-hydrogen) atoms. The Morgan fingerprint density at radius 2 is 1.74 bits per heavy atom. The van der Waals surface area contributed by atoms with E-state index in [9.17, 15) is 19.2 Å². The number of para-hydroxylation sites is 1. The zero-order valence-corrected chi connectivity index (χ0v) is 19.0. The maximum atomic E-state index is 13.2. The number of rotatable bonds is 5. The molecular formula is C24H26N6O5. The highest BCUT2D eigenvalue weighted by molar-refractivity contribution is 6.05. The van der Waals surface area contributed by atoms with Crippen LogP contribution in [0.5, 0.6) is 0 Å². The number of fused-ring (bicyclic) bond motifs is 1. The van der Waals surface area contributed by atoms with Gasteiger partial charge in [-0.3, -0.25) is 9.36 Å². The molecule has 4 rings (SSSR count). The fourth-order valence-electron chi connectivity index (χ4n) is 4.27. The Morgan fingerprint density at radius 3 is 2.43 bits per heavy atom. The largest absolute Gasteiger partial charge is 0.467 e. The van der Waals surface area contributed by atoms with Gasteiger partial charge >= 0.3 is 18.0 Å². The highest BCUT2D eigenvalue weighted by Gasteiger charge is 2.40. The van der Waals surface area contributed by atoms with Crippen molar-refractivity contribution in [3.8, 4) is 0 Å². The van der Waals surface area contributed by atoms with E-state index in [1.165, 1.54) is 22.8 Å². The second kappa shape index (κ2) is 9.85. The Morgan fingerprint density at radius 1 is 1.06 bits per heavy atom. The lowest BCUT2D eigenvalue weighted by molar-refractivity contribution is -0.145. The third-order valence-electron chi connectivity index (χ3n) is 5.94. The molecular weight excluding hydrogens is 452 g/mol. The first-order valence-corrected chi connectivity index (χ1v) is 11.0. The third kappa shape index (κ3) is 4.80. The molecule has 1 fully saturated rings. The van der Waals surface area contributed by atoms with Gasteiger partial charge in [0.15, 0.2) is 6.04 Å². The number of urea groups is 1. The minimum absolute atomic E-state index is 0.132. The molecule has 0 aliphatic carbocycles. The number of ether oxygens (including phenoxy) is 1. The normalized spacial score (nSPS) is 18.2. The van der Waals surface area contributed by atoms with Crippen LogP contribution in [0.15, 0.2) is 60.8 Å². The summed E-state index contributed by atoms with van der Waals surface area (Å²) in [5, 5.41) is 6.06. The second-order valence-corrected chi connectivity index (χ2v) is 8.24. The molecule has 1 aliphatic heterocycles. The Balaban J connectivity index is 1.56. The van der Waals surface area contributed by atoms with Crippen molar-refractivity contribution in [1.29, 1.82) is 0 Å². The topological polar surface area (TPSA) is 162 Å². The first-order chi connectivity index (χ1) is 16.8. The molecule has 0 saturated carbocycles. The highest BCUT2D eigenvalue weighted by atomic mass is 16.5. The van der Waals surface area contributed by atoms with Crippen LogP contribution in [0.2, 0.25) is 0 Å². The van der Waals surface area contributed by atoms with Crippen LogP contribution in [0.1, 0.15) is 18.0 Å². The number of carbonyl (C=O) groups is 4. The summed E-state index contributed by atoms with van der Waals surface area (Å²) in [4.78, 5) is 51.9. The van der Waals surface area contributed by atoms with Gasteiger partial charge in [-0.25, -0.2) is 14.4 Å². The van der Waals surface area contributed by atoms with Crippen LogP contribution in [0, 0.1) is 0 Å². The molecule has 6 N–H and O–H groups in total. The number of nitrogens with two attached hydrogens (primary N) is 2. The lowest BCUT2D eigenvalue weighted by Crippen LogP contribution is -2.49. The van der Waals surface area contributed by atoms with Crippen LogP contribution in [-0.2, 0) is 14.3 Å². The smallest absolute Gasteiger partial charge is 0.333 e. The summed E-state index contributed by atoms with van der Waals surface area (Å²) in [6, 6.07) is 12.0. The molecule has 11 nitrogen and oxygen atoms in total. The molecule has 0 spiro atoms. The summed E-state index contributed by atoms with van der Waals surface area (Å²) < 4.78 is 6.08. The van der Waals surface area contributed by atoms with Crippen molar-refractivity contribution < 1.29 is 23.9 Å². The van der Waals surface area contributed by atoms with E-state index in [4.69, 9.17) is 16.2 Å². The fraction of sp³-hybridized carbons (Fsp3) is 0.250. The van der Waals surface area contributed by atoms with Gasteiger partial charge in [-0.15, -0.1) is 0 Å². The second-order valence-electron chi connectivity index (χ2n) is 8.24. The number of likely N-dealkylation sites (tertiary alicyclic amines) is 1. The van der Waals surface area contributed by atoms with Crippen molar-refractivity contribution in [2.24, 2.45) is 11.5 Å². The highest BCUT2D eigenvalue weighted by Crippen LogP contribution is 2.27. The van der Waals surface area contributed by atoms with Gasteiger partial charge in [0.1, 0.15) is 6.04 Å². The summed E-state index contributed by atoms with van der Waals surface area (Å²) in [6.45, 7) is 0.132. The number of nitrogens with zero attached hydrogens (tertiary/aromatic N) is 2. The summed E-state index contributed by atoms with van der Waals surface area (Å²) in [5.74, 6) is -1.17. The molecule has 2 aromatic carbocycles. The molecule has 0 bridgehead atoms. The third-order valence-corrected chi connectivity index (χ3v) is 5.94. The SMILES string of the molecule is COC(=O)C(NC(=O)[C@@H]1C[C@H](N)CN1C(=O)Nc1cn(C(N)=O)c2ccccc12)c1ccccc1. The molecule has 1 aromatic heterocycles. The number of benzene rings is 2. The number of nitrogens with one attached hydrogen (secondary N) is 2. The van der Waals surface area contributed by atoms with Gasteiger partial charge in [0.05, 0.1) is 18.3 Å². The Bertz CT molecular complexity index is 1270. The van der Waals surface area contributed by atoms with E-state index < -0.39 is 42.1 Å². The average molecular weight is 479 g/mol. The number of hydrogen-bond donors (Lipinski definition) is 4. The van der Waals surface area contributed by atoms with Gasteiger partial charge in [-0.2, -0.15) is 0 Å². The Kier molecular flexibility index (Phi) is 6.69. The van der Waals surface area contributed by atoms with Crippen molar-refractivity contribution in [2.45, 2.75) is 24.5 Å². The standard InChI is InChI=1S/C24H26N6O5/c1-35-22(32)20(14-7-3-2-4-8-14)28-21(31)19-11-15(25)12-30(19)24(34)27-17-13-29(23(26)33)18-10-6-5-9-16(17)18/h2-10,13,15,19-20H,11-12,25H2,1H3,(H2,26,33)(H,27,34)(H,28,31)/t15-,19-,20?/m0/s1. The van der Waals surface area contributed by atoms with Gasteiger partial charge in [0.2, 0.25) is 5.91 Å². The zero-order chi connectivity index (χ0) is 25.1. The molecule has 1 aliphatic rings. The van der Waals surface area contributed by atoms with Gasteiger partial charge < -0.3 is 31.7 Å². The molecule has 2 heterocycles. The number of anilines is 1. The zero-order valence-electron chi connectivity index (χ0n) is 19.0. The predicted molar refractivity (Wildman–Crippen MR) is 128 cm³/mol. The maximum Gasteiger partial charge on any atom is 0.333 e. The monoisotopic (exact) mass is 478 g/mol. The molecule has 11 heteroatoms. The van der Waals surface area contributed by atoms with Gasteiger partial charge in [0, 0.05) is 24.2 Å². The predicted octanol–water partition coefficient (Wildman–Crippen LogP) is 1.53. The number of primary amides is 1. The van der Waals surface area contributed by atoms with Crippen LogP contribution >= 0.6 is 0 Å². The van der Waals surface area contributed by atoms with Gasteiger partial charge in [0.25, 0.3) is 0 Å². The van der Waals surface area contributed by atoms with E-state index in [-0.39, 0.29) is 13.0 Å². The minimum atomic E-state index is -1.04.